The van der Waals surface area contributed by atoms with E-state index in [1.54, 1.807) is 32.1 Å². The van der Waals surface area contributed by atoms with E-state index in [0.29, 0.717) is 50.8 Å². The van der Waals surface area contributed by atoms with Gasteiger partial charge in [-0.05, 0) is 44.4 Å². The molecule has 0 bridgehead atoms. The lowest BCUT2D eigenvalue weighted by Gasteiger charge is -2.25. The quantitative estimate of drug-likeness (QED) is 0.337. The number of rotatable bonds is 14. The minimum absolute atomic E-state index is 0.179. The molecule has 1 aliphatic heterocycles. The topological polar surface area (TPSA) is 95.1 Å². The summed E-state index contributed by atoms with van der Waals surface area (Å²) in [7, 11) is 0. The van der Waals surface area contributed by atoms with E-state index in [0.717, 1.165) is 5.56 Å². The summed E-state index contributed by atoms with van der Waals surface area (Å²) in [5.41, 5.74) is 0.779. The molecule has 0 aliphatic carbocycles. The highest BCUT2D eigenvalue weighted by Crippen LogP contribution is 2.32. The van der Waals surface area contributed by atoms with Crippen LogP contribution in [0.4, 0.5) is 0 Å². The largest absolute Gasteiger partial charge is 0.486 e. The van der Waals surface area contributed by atoms with Crippen molar-refractivity contribution in [3.63, 3.8) is 0 Å². The number of carbonyl (C=O) groups excluding carboxylic acids is 2. The van der Waals surface area contributed by atoms with Gasteiger partial charge < -0.3 is 29.6 Å². The third kappa shape index (κ3) is 8.01. The van der Waals surface area contributed by atoms with E-state index in [4.69, 9.17) is 18.9 Å². The smallest absolute Gasteiger partial charge is 0.249 e. The van der Waals surface area contributed by atoms with Crippen LogP contribution >= 0.6 is 0 Å². The van der Waals surface area contributed by atoms with Crippen LogP contribution in [0, 0.1) is 0 Å². The summed E-state index contributed by atoms with van der Waals surface area (Å²) >= 11 is 0. The van der Waals surface area contributed by atoms with Gasteiger partial charge in [-0.1, -0.05) is 18.2 Å². The van der Waals surface area contributed by atoms with Crippen LogP contribution in [0.2, 0.25) is 0 Å². The lowest BCUT2D eigenvalue weighted by atomic mass is 10.0. The molecule has 1 heterocycles. The molecule has 2 rings (SSSR count). The van der Waals surface area contributed by atoms with Crippen LogP contribution in [-0.4, -0.2) is 57.0 Å². The fourth-order valence-corrected chi connectivity index (χ4v) is 2.97. The van der Waals surface area contributed by atoms with E-state index in [9.17, 15) is 9.59 Å². The fourth-order valence-electron chi connectivity index (χ4n) is 2.97. The molecule has 8 heteroatoms. The number of carbonyl (C=O) groups is 2. The number of hydrogen-bond donors (Lipinski definition) is 2. The third-order valence-corrected chi connectivity index (χ3v) is 4.88. The van der Waals surface area contributed by atoms with Crippen molar-refractivity contribution < 1.29 is 28.5 Å². The summed E-state index contributed by atoms with van der Waals surface area (Å²) in [5.74, 6) is 0.717. The van der Waals surface area contributed by atoms with Crippen molar-refractivity contribution in [2.24, 2.45) is 0 Å². The molecule has 2 N–H and O–H groups in total. The van der Waals surface area contributed by atoms with Gasteiger partial charge in [-0.25, -0.2) is 0 Å². The minimum atomic E-state index is -0.647. The second-order valence-electron chi connectivity index (χ2n) is 7.39. The highest BCUT2D eigenvalue weighted by Gasteiger charge is 2.23. The molecule has 8 nitrogen and oxygen atoms in total. The molecule has 176 valence electrons. The summed E-state index contributed by atoms with van der Waals surface area (Å²) in [6, 6.07) is 4.97. The Bertz CT molecular complexity index is 782. The Morgan fingerprint density at radius 1 is 1.00 bits per heavy atom. The minimum Gasteiger partial charge on any atom is -0.486 e. The Kier molecular flexibility index (Phi) is 10.8. The van der Waals surface area contributed by atoms with Gasteiger partial charge in [-0.15, -0.1) is 13.2 Å². The van der Waals surface area contributed by atoms with Gasteiger partial charge in [0.2, 0.25) is 11.8 Å². The molecule has 0 saturated carbocycles. The van der Waals surface area contributed by atoms with Crippen LogP contribution in [0.3, 0.4) is 0 Å². The van der Waals surface area contributed by atoms with Gasteiger partial charge in [0.25, 0.3) is 0 Å². The van der Waals surface area contributed by atoms with Crippen LogP contribution in [0.25, 0.3) is 0 Å². The molecule has 1 aromatic carbocycles. The van der Waals surface area contributed by atoms with Crippen molar-refractivity contribution in [1.29, 1.82) is 0 Å². The predicted molar refractivity (Wildman–Crippen MR) is 122 cm³/mol. The summed E-state index contributed by atoms with van der Waals surface area (Å²) < 4.78 is 22.3. The van der Waals surface area contributed by atoms with E-state index in [1.165, 1.54) is 0 Å². The highest BCUT2D eigenvalue weighted by molar-refractivity contribution is 5.82. The lowest BCUT2D eigenvalue weighted by Crippen LogP contribution is -2.44. The second-order valence-corrected chi connectivity index (χ2v) is 7.39. The van der Waals surface area contributed by atoms with Crippen LogP contribution in [0.5, 0.6) is 11.5 Å². The fraction of sp³-hybridized carbons (Fsp3) is 0.500. The first kappa shape index (κ1) is 25.4. The number of hydrogen-bond acceptors (Lipinski definition) is 6. The molecule has 0 unspecified atom stereocenters. The molecule has 0 fully saturated rings. The summed E-state index contributed by atoms with van der Waals surface area (Å²) in [5, 5.41) is 5.81. The van der Waals surface area contributed by atoms with Gasteiger partial charge in [0.1, 0.15) is 25.4 Å². The molecule has 0 spiro atoms. The number of amides is 2. The van der Waals surface area contributed by atoms with Crippen molar-refractivity contribution in [2.75, 3.05) is 33.0 Å². The molecule has 3 atom stereocenters. The summed E-state index contributed by atoms with van der Waals surface area (Å²) in [6.07, 6.45) is 3.52. The van der Waals surface area contributed by atoms with Gasteiger partial charge in [0.05, 0.1) is 19.3 Å². The van der Waals surface area contributed by atoms with Gasteiger partial charge in [0, 0.05) is 6.54 Å². The lowest BCUT2D eigenvalue weighted by molar-refractivity contribution is -0.134. The second kappa shape index (κ2) is 13.5. The van der Waals surface area contributed by atoms with E-state index >= 15 is 0 Å². The zero-order valence-electron chi connectivity index (χ0n) is 18.9. The molecule has 0 saturated heterocycles. The maximum Gasteiger partial charge on any atom is 0.249 e. The van der Waals surface area contributed by atoms with Crippen LogP contribution in [0.15, 0.2) is 43.5 Å². The van der Waals surface area contributed by atoms with Crippen molar-refractivity contribution in [3.8, 4) is 11.5 Å². The van der Waals surface area contributed by atoms with Crippen molar-refractivity contribution in [3.05, 3.63) is 49.1 Å². The predicted octanol–water partition coefficient (Wildman–Crippen LogP) is 2.69. The first-order chi connectivity index (χ1) is 15.5. The third-order valence-electron chi connectivity index (χ3n) is 4.88. The average Bonchev–Trinajstić information content (AvgIpc) is 2.81. The van der Waals surface area contributed by atoms with E-state index in [1.807, 2.05) is 12.1 Å². The standard InChI is InChI=1S/C24H34N2O6/c1-5-7-11-29-17(3)23(27)25-16-20(26-24(28)18(4)30-12-8-6-2)19-9-10-21-22(15-19)32-14-13-31-21/h5-6,9-10,15,17-18,20H,1-2,7-8,11-14,16H2,3-4H3,(H,25,27)(H,26,28)/t17-,18+,20-/m1/s1. The van der Waals surface area contributed by atoms with Gasteiger partial charge in [-0.2, -0.15) is 0 Å². The molecular weight excluding hydrogens is 412 g/mol. The number of nitrogens with one attached hydrogen (secondary N) is 2. The van der Waals surface area contributed by atoms with Crippen LogP contribution in [-0.2, 0) is 19.1 Å². The Hall–Kier alpha value is -2.84. The molecular formula is C24H34N2O6. The van der Waals surface area contributed by atoms with Crippen molar-refractivity contribution in [1.82, 2.24) is 10.6 Å². The monoisotopic (exact) mass is 446 g/mol. The van der Waals surface area contributed by atoms with Crippen molar-refractivity contribution in [2.45, 2.75) is 44.9 Å². The van der Waals surface area contributed by atoms with E-state index < -0.39 is 18.2 Å². The Morgan fingerprint density at radius 2 is 1.59 bits per heavy atom. The maximum absolute atomic E-state index is 12.7. The van der Waals surface area contributed by atoms with Crippen LogP contribution in [0.1, 0.15) is 38.3 Å². The Balaban J connectivity index is 2.07. The molecule has 2 amide bonds. The molecule has 1 aromatic rings. The number of fused-ring (bicyclic) bond motifs is 1. The summed E-state index contributed by atoms with van der Waals surface area (Å²) in [4.78, 5) is 25.1. The van der Waals surface area contributed by atoms with E-state index in [-0.39, 0.29) is 18.4 Å². The molecule has 32 heavy (non-hydrogen) atoms. The number of ether oxygens (including phenoxy) is 4. The Labute approximate surface area is 189 Å². The SMILES string of the molecule is C=CCCO[C@@H](C)C(=O)N[C@H](CNC(=O)[C@@H](C)OCCC=C)c1ccc2c(c1)OCCO2. The first-order valence-corrected chi connectivity index (χ1v) is 10.9. The van der Waals surface area contributed by atoms with Gasteiger partial charge in [0.15, 0.2) is 11.5 Å². The zero-order valence-corrected chi connectivity index (χ0v) is 18.9. The maximum atomic E-state index is 12.7. The highest BCUT2D eigenvalue weighted by atomic mass is 16.6. The molecule has 1 aliphatic rings. The summed E-state index contributed by atoms with van der Waals surface area (Å²) in [6.45, 7) is 12.6. The van der Waals surface area contributed by atoms with Crippen molar-refractivity contribution >= 4 is 11.8 Å². The van der Waals surface area contributed by atoms with Gasteiger partial charge >= 0.3 is 0 Å². The van der Waals surface area contributed by atoms with E-state index in [2.05, 4.69) is 23.8 Å². The molecule has 0 radical (unpaired) electrons. The normalized spacial score (nSPS) is 15.2. The van der Waals surface area contributed by atoms with Gasteiger partial charge in [-0.3, -0.25) is 9.59 Å². The Morgan fingerprint density at radius 3 is 2.22 bits per heavy atom. The average molecular weight is 447 g/mol. The number of benzene rings is 1. The zero-order chi connectivity index (χ0) is 23.3. The molecule has 0 aromatic heterocycles. The first-order valence-electron chi connectivity index (χ1n) is 10.9. The van der Waals surface area contributed by atoms with Crippen LogP contribution < -0.4 is 20.1 Å².